The number of hydrogen-bond donors (Lipinski definition) is 1. The number of ether oxygens (including phenoxy) is 2. The second kappa shape index (κ2) is 7.49. The van der Waals surface area contributed by atoms with Crippen LogP contribution in [0.25, 0.3) is 0 Å². The molecule has 4 heteroatoms. The molecule has 0 aliphatic heterocycles. The Kier molecular flexibility index (Phi) is 5.41. The monoisotopic (exact) mass is 311 g/mol. The SMILES string of the molecule is COc1ccc(C(=O)/C=C/Nc2cc(C)ccc2C)cc1OC. The predicted molar refractivity (Wildman–Crippen MR) is 92.6 cm³/mol. The van der Waals surface area contributed by atoms with Crippen LogP contribution in [0.2, 0.25) is 0 Å². The van der Waals surface area contributed by atoms with Gasteiger partial charge in [-0.2, -0.15) is 0 Å². The first-order chi connectivity index (χ1) is 11.0. The molecule has 0 atom stereocenters. The maximum absolute atomic E-state index is 12.2. The second-order valence-electron chi connectivity index (χ2n) is 5.23. The van der Waals surface area contributed by atoms with Gasteiger partial charge in [0.1, 0.15) is 0 Å². The highest BCUT2D eigenvalue weighted by atomic mass is 16.5. The quantitative estimate of drug-likeness (QED) is 0.643. The fourth-order valence-electron chi connectivity index (χ4n) is 2.18. The maximum atomic E-state index is 12.2. The zero-order valence-corrected chi connectivity index (χ0v) is 13.8. The summed E-state index contributed by atoms with van der Waals surface area (Å²) in [4.78, 5) is 12.2. The summed E-state index contributed by atoms with van der Waals surface area (Å²) in [6, 6.07) is 11.2. The van der Waals surface area contributed by atoms with Gasteiger partial charge in [0, 0.05) is 23.5 Å². The number of nitrogens with one attached hydrogen (secondary N) is 1. The number of carbonyl (C=O) groups excluding carboxylic acids is 1. The number of rotatable bonds is 6. The second-order valence-corrected chi connectivity index (χ2v) is 5.23. The van der Waals surface area contributed by atoms with Crippen molar-refractivity contribution in [2.24, 2.45) is 0 Å². The van der Waals surface area contributed by atoms with Crippen LogP contribution < -0.4 is 14.8 Å². The number of allylic oxidation sites excluding steroid dienone is 1. The molecular weight excluding hydrogens is 290 g/mol. The van der Waals surface area contributed by atoms with Gasteiger partial charge in [0.05, 0.1) is 14.2 Å². The smallest absolute Gasteiger partial charge is 0.187 e. The Bertz CT molecular complexity index is 735. The first-order valence-electron chi connectivity index (χ1n) is 7.32. The van der Waals surface area contributed by atoms with Gasteiger partial charge < -0.3 is 14.8 Å². The first-order valence-corrected chi connectivity index (χ1v) is 7.32. The van der Waals surface area contributed by atoms with Gasteiger partial charge in [0.15, 0.2) is 17.3 Å². The van der Waals surface area contributed by atoms with Crippen LogP contribution in [0, 0.1) is 13.8 Å². The van der Waals surface area contributed by atoms with E-state index in [1.807, 2.05) is 26.0 Å². The molecular formula is C19H21NO3. The minimum atomic E-state index is -0.108. The largest absolute Gasteiger partial charge is 0.493 e. The van der Waals surface area contributed by atoms with Gasteiger partial charge in [-0.25, -0.2) is 0 Å². The zero-order valence-electron chi connectivity index (χ0n) is 13.8. The number of hydrogen-bond acceptors (Lipinski definition) is 4. The molecule has 0 unspecified atom stereocenters. The molecule has 0 fully saturated rings. The van der Waals surface area contributed by atoms with Crippen molar-refractivity contribution in [2.45, 2.75) is 13.8 Å². The van der Waals surface area contributed by atoms with Gasteiger partial charge in [-0.05, 0) is 49.2 Å². The van der Waals surface area contributed by atoms with E-state index in [4.69, 9.17) is 9.47 Å². The summed E-state index contributed by atoms with van der Waals surface area (Å²) < 4.78 is 10.4. The Labute approximate surface area is 136 Å². The third kappa shape index (κ3) is 4.13. The number of carbonyl (C=O) groups is 1. The van der Waals surface area contributed by atoms with E-state index in [2.05, 4.69) is 11.4 Å². The molecule has 23 heavy (non-hydrogen) atoms. The molecule has 0 amide bonds. The molecule has 0 aromatic heterocycles. The molecule has 0 aliphatic carbocycles. The third-order valence-corrected chi connectivity index (χ3v) is 3.53. The van der Waals surface area contributed by atoms with Crippen molar-refractivity contribution in [3.8, 4) is 11.5 Å². The van der Waals surface area contributed by atoms with E-state index in [1.54, 1.807) is 38.6 Å². The topological polar surface area (TPSA) is 47.6 Å². The highest BCUT2D eigenvalue weighted by molar-refractivity contribution is 6.05. The van der Waals surface area contributed by atoms with Crippen molar-refractivity contribution in [2.75, 3.05) is 19.5 Å². The summed E-state index contributed by atoms with van der Waals surface area (Å²) in [5, 5.41) is 3.15. The minimum absolute atomic E-state index is 0.108. The number of benzene rings is 2. The third-order valence-electron chi connectivity index (χ3n) is 3.53. The van der Waals surface area contributed by atoms with Crippen LogP contribution in [-0.4, -0.2) is 20.0 Å². The number of ketones is 1. The van der Waals surface area contributed by atoms with Crippen molar-refractivity contribution in [3.63, 3.8) is 0 Å². The van der Waals surface area contributed by atoms with Crippen LogP contribution in [0.4, 0.5) is 5.69 Å². The molecule has 0 saturated heterocycles. The maximum Gasteiger partial charge on any atom is 0.187 e. The zero-order chi connectivity index (χ0) is 16.8. The van der Waals surface area contributed by atoms with Crippen LogP contribution >= 0.6 is 0 Å². The number of anilines is 1. The lowest BCUT2D eigenvalue weighted by Gasteiger charge is -2.08. The number of methoxy groups -OCH3 is 2. The van der Waals surface area contributed by atoms with E-state index < -0.39 is 0 Å². The Morgan fingerprint density at radius 1 is 1.00 bits per heavy atom. The van der Waals surface area contributed by atoms with Gasteiger partial charge in [-0.15, -0.1) is 0 Å². The summed E-state index contributed by atoms with van der Waals surface area (Å²) in [5.74, 6) is 1.03. The fourth-order valence-corrected chi connectivity index (χ4v) is 2.18. The van der Waals surface area contributed by atoms with Crippen molar-refractivity contribution >= 4 is 11.5 Å². The Morgan fingerprint density at radius 2 is 1.74 bits per heavy atom. The van der Waals surface area contributed by atoms with E-state index in [-0.39, 0.29) is 5.78 Å². The highest BCUT2D eigenvalue weighted by Crippen LogP contribution is 2.27. The van der Waals surface area contributed by atoms with Crippen molar-refractivity contribution < 1.29 is 14.3 Å². The summed E-state index contributed by atoms with van der Waals surface area (Å²) in [6.45, 7) is 4.05. The molecule has 0 spiro atoms. The lowest BCUT2D eigenvalue weighted by molar-refractivity contribution is 0.104. The highest BCUT2D eigenvalue weighted by Gasteiger charge is 2.08. The van der Waals surface area contributed by atoms with Crippen LogP contribution in [0.3, 0.4) is 0 Å². The molecule has 4 nitrogen and oxygen atoms in total. The average molecular weight is 311 g/mol. The molecule has 2 aromatic rings. The molecule has 0 radical (unpaired) electrons. The molecule has 0 heterocycles. The van der Waals surface area contributed by atoms with Crippen LogP contribution in [0.15, 0.2) is 48.7 Å². The predicted octanol–water partition coefficient (Wildman–Crippen LogP) is 4.13. The summed E-state index contributed by atoms with van der Waals surface area (Å²) in [6.07, 6.45) is 3.16. The number of aryl methyl sites for hydroxylation is 2. The standard InChI is InChI=1S/C19H21NO3/c1-13-5-6-14(2)16(11-13)20-10-9-17(21)15-7-8-18(22-3)19(12-15)23-4/h5-12,20H,1-4H3/b10-9+. The fraction of sp³-hybridized carbons (Fsp3) is 0.211. The van der Waals surface area contributed by atoms with Crippen molar-refractivity contribution in [1.82, 2.24) is 0 Å². The molecule has 0 bridgehead atoms. The Morgan fingerprint density at radius 3 is 2.43 bits per heavy atom. The van der Waals surface area contributed by atoms with Gasteiger partial charge >= 0.3 is 0 Å². The molecule has 2 aromatic carbocycles. The summed E-state index contributed by atoms with van der Waals surface area (Å²) >= 11 is 0. The molecule has 1 N–H and O–H groups in total. The van der Waals surface area contributed by atoms with Crippen molar-refractivity contribution in [1.29, 1.82) is 0 Å². The minimum Gasteiger partial charge on any atom is -0.493 e. The van der Waals surface area contributed by atoms with Gasteiger partial charge in [-0.3, -0.25) is 4.79 Å². The normalized spacial score (nSPS) is 10.6. The molecule has 0 saturated carbocycles. The Hall–Kier alpha value is -2.75. The average Bonchev–Trinajstić information content (AvgIpc) is 2.57. The molecule has 0 aliphatic rings. The van der Waals surface area contributed by atoms with E-state index in [0.717, 1.165) is 16.8 Å². The van der Waals surface area contributed by atoms with Crippen LogP contribution in [0.1, 0.15) is 21.5 Å². The lowest BCUT2D eigenvalue weighted by atomic mass is 10.1. The lowest BCUT2D eigenvalue weighted by Crippen LogP contribution is -1.99. The summed E-state index contributed by atoms with van der Waals surface area (Å²) in [7, 11) is 3.11. The van der Waals surface area contributed by atoms with E-state index in [9.17, 15) is 4.79 Å². The van der Waals surface area contributed by atoms with Crippen molar-refractivity contribution in [3.05, 3.63) is 65.4 Å². The van der Waals surface area contributed by atoms with Gasteiger partial charge in [-0.1, -0.05) is 12.1 Å². The summed E-state index contributed by atoms with van der Waals surface area (Å²) in [5.41, 5.74) is 3.82. The van der Waals surface area contributed by atoms with Gasteiger partial charge in [0.2, 0.25) is 0 Å². The first kappa shape index (κ1) is 16.6. The molecule has 2 rings (SSSR count). The van der Waals surface area contributed by atoms with E-state index in [1.165, 1.54) is 6.08 Å². The van der Waals surface area contributed by atoms with E-state index >= 15 is 0 Å². The van der Waals surface area contributed by atoms with Crippen LogP contribution in [0.5, 0.6) is 11.5 Å². The molecule has 120 valence electrons. The van der Waals surface area contributed by atoms with E-state index in [0.29, 0.717) is 17.1 Å². The van der Waals surface area contributed by atoms with Gasteiger partial charge in [0.25, 0.3) is 0 Å². The Balaban J connectivity index is 2.11. The van der Waals surface area contributed by atoms with Crippen LogP contribution in [-0.2, 0) is 0 Å².